The summed E-state index contributed by atoms with van der Waals surface area (Å²) in [6, 6.07) is 18.6. The Kier molecular flexibility index (Phi) is 6.92. The van der Waals surface area contributed by atoms with Crippen LogP contribution in [0.3, 0.4) is 0 Å². The molecule has 1 unspecified atom stereocenters. The molecule has 1 atom stereocenters. The highest BCUT2D eigenvalue weighted by Crippen LogP contribution is 2.30. The van der Waals surface area contributed by atoms with Crippen molar-refractivity contribution in [2.24, 2.45) is 0 Å². The van der Waals surface area contributed by atoms with Crippen LogP contribution in [0.15, 0.2) is 54.7 Å². The third-order valence-corrected chi connectivity index (χ3v) is 7.35. The van der Waals surface area contributed by atoms with Gasteiger partial charge >= 0.3 is 6.03 Å². The van der Waals surface area contributed by atoms with Gasteiger partial charge in [0.15, 0.2) is 0 Å². The van der Waals surface area contributed by atoms with Gasteiger partial charge in [-0.2, -0.15) is 5.26 Å². The summed E-state index contributed by atoms with van der Waals surface area (Å²) in [5.41, 5.74) is 4.69. The number of para-hydroxylation sites is 1. The number of rotatable bonds is 4. The molecule has 8 nitrogen and oxygen atoms in total. The van der Waals surface area contributed by atoms with Gasteiger partial charge in [-0.1, -0.05) is 30.3 Å². The smallest absolute Gasteiger partial charge is 0.317 e. The van der Waals surface area contributed by atoms with Gasteiger partial charge in [-0.3, -0.25) is 4.98 Å². The second kappa shape index (κ2) is 10.4. The third kappa shape index (κ3) is 4.93. The first-order valence-electron chi connectivity index (χ1n) is 12.6. The van der Waals surface area contributed by atoms with Crippen molar-refractivity contribution in [1.29, 1.82) is 5.26 Å². The highest BCUT2D eigenvalue weighted by atomic mass is 16.2. The van der Waals surface area contributed by atoms with E-state index in [-0.39, 0.29) is 12.1 Å². The Morgan fingerprint density at radius 3 is 2.31 bits per heavy atom. The molecule has 3 aromatic rings. The van der Waals surface area contributed by atoms with Crippen LogP contribution in [0.2, 0.25) is 0 Å². The molecule has 3 heterocycles. The molecule has 2 aliphatic heterocycles. The molecule has 0 saturated carbocycles. The Balaban J connectivity index is 1.19. The monoisotopic (exact) mass is 483 g/mol. The van der Waals surface area contributed by atoms with Gasteiger partial charge in [0.25, 0.3) is 0 Å². The molecular formula is C28H33N7O. The minimum Gasteiger partial charge on any atom is -0.369 e. The van der Waals surface area contributed by atoms with Crippen molar-refractivity contribution >= 4 is 28.3 Å². The van der Waals surface area contributed by atoms with Gasteiger partial charge in [0.2, 0.25) is 0 Å². The quantitative estimate of drug-likeness (QED) is 0.613. The minimum atomic E-state index is -0.0774. The summed E-state index contributed by atoms with van der Waals surface area (Å²) < 4.78 is 0. The zero-order chi connectivity index (χ0) is 25.1. The molecule has 2 fully saturated rings. The van der Waals surface area contributed by atoms with E-state index in [1.807, 2.05) is 36.1 Å². The molecule has 1 aromatic heterocycles. The number of aromatic nitrogens is 1. The summed E-state index contributed by atoms with van der Waals surface area (Å²) in [6.07, 6.45) is 1.65. The standard InChI is InChI=1S/C28H33N7O/c1-21(22-7-9-24(10-8-22)33-13-11-32(2)12-14-33)31-28(36)35-17-15-34(16-18-35)27-23(19-29)20-30-26-6-4-3-5-25(26)27/h3-10,20-21H,11-18H2,1-2H3,(H,31,36). The Morgan fingerprint density at radius 1 is 0.944 bits per heavy atom. The number of carbonyl (C=O) groups is 1. The number of likely N-dealkylation sites (N-methyl/N-ethyl adjacent to an activating group) is 1. The van der Waals surface area contributed by atoms with Crippen LogP contribution in [0, 0.1) is 11.3 Å². The lowest BCUT2D eigenvalue weighted by Gasteiger charge is -2.37. The van der Waals surface area contributed by atoms with Crippen molar-refractivity contribution < 1.29 is 4.79 Å². The van der Waals surface area contributed by atoms with Gasteiger partial charge in [0.1, 0.15) is 6.07 Å². The van der Waals surface area contributed by atoms with Crippen molar-refractivity contribution in [3.63, 3.8) is 0 Å². The van der Waals surface area contributed by atoms with E-state index >= 15 is 0 Å². The summed E-state index contributed by atoms with van der Waals surface area (Å²) in [4.78, 5) is 26.3. The van der Waals surface area contributed by atoms with Crippen molar-refractivity contribution in [3.05, 3.63) is 65.9 Å². The molecule has 0 spiro atoms. The summed E-state index contributed by atoms with van der Waals surface area (Å²) in [7, 11) is 2.16. The summed E-state index contributed by atoms with van der Waals surface area (Å²) >= 11 is 0. The summed E-state index contributed by atoms with van der Waals surface area (Å²) in [5, 5.41) is 13.8. The van der Waals surface area contributed by atoms with E-state index in [1.165, 1.54) is 5.69 Å². The molecule has 2 aliphatic rings. The number of nitrogens with zero attached hydrogens (tertiary/aromatic N) is 6. The van der Waals surface area contributed by atoms with E-state index in [4.69, 9.17) is 0 Å². The largest absolute Gasteiger partial charge is 0.369 e. The number of benzene rings is 2. The number of anilines is 2. The fourth-order valence-corrected chi connectivity index (χ4v) is 5.08. The van der Waals surface area contributed by atoms with Crippen molar-refractivity contribution in [2.45, 2.75) is 13.0 Å². The summed E-state index contributed by atoms with van der Waals surface area (Å²) in [5.74, 6) is 0. The van der Waals surface area contributed by atoms with Gasteiger partial charge in [0, 0.05) is 69.6 Å². The average molecular weight is 484 g/mol. The minimum absolute atomic E-state index is 0.0506. The van der Waals surface area contributed by atoms with Crippen LogP contribution in [-0.4, -0.2) is 80.2 Å². The molecule has 2 aromatic carbocycles. The molecule has 0 aliphatic carbocycles. The Bertz CT molecular complexity index is 1250. The molecule has 2 saturated heterocycles. The number of fused-ring (bicyclic) bond motifs is 1. The molecule has 0 radical (unpaired) electrons. The number of carbonyl (C=O) groups excluding carboxylic acids is 1. The molecule has 186 valence electrons. The van der Waals surface area contributed by atoms with Crippen LogP contribution >= 0.6 is 0 Å². The number of hydrogen-bond donors (Lipinski definition) is 1. The number of urea groups is 1. The highest BCUT2D eigenvalue weighted by molar-refractivity contribution is 5.94. The summed E-state index contributed by atoms with van der Waals surface area (Å²) in [6.45, 7) is 8.81. The fourth-order valence-electron chi connectivity index (χ4n) is 5.08. The van der Waals surface area contributed by atoms with Crippen LogP contribution in [-0.2, 0) is 0 Å². The van der Waals surface area contributed by atoms with E-state index in [0.717, 1.165) is 48.3 Å². The lowest BCUT2D eigenvalue weighted by Crippen LogP contribution is -2.52. The molecule has 1 N–H and O–H groups in total. The van der Waals surface area contributed by atoms with Gasteiger partial charge in [-0.25, -0.2) is 4.79 Å². The maximum atomic E-state index is 13.0. The first-order valence-corrected chi connectivity index (χ1v) is 12.6. The van der Waals surface area contributed by atoms with E-state index in [2.05, 4.69) is 62.4 Å². The Morgan fingerprint density at radius 2 is 1.61 bits per heavy atom. The maximum absolute atomic E-state index is 13.0. The second-order valence-corrected chi connectivity index (χ2v) is 9.68. The van der Waals surface area contributed by atoms with Crippen LogP contribution in [0.4, 0.5) is 16.2 Å². The average Bonchev–Trinajstić information content (AvgIpc) is 2.93. The fraction of sp³-hybridized carbons (Fsp3) is 0.393. The second-order valence-electron chi connectivity index (χ2n) is 9.68. The number of nitriles is 1. The topological polar surface area (TPSA) is 78.7 Å². The van der Waals surface area contributed by atoms with E-state index < -0.39 is 0 Å². The molecule has 0 bridgehead atoms. The van der Waals surface area contributed by atoms with E-state index in [1.54, 1.807) is 6.20 Å². The number of piperazine rings is 2. The molecule has 36 heavy (non-hydrogen) atoms. The Hall–Kier alpha value is -3.83. The van der Waals surface area contributed by atoms with E-state index in [9.17, 15) is 10.1 Å². The SMILES string of the molecule is CC(NC(=O)N1CCN(c2c(C#N)cnc3ccccc23)CC1)c1ccc(N2CCN(C)CC2)cc1. The van der Waals surface area contributed by atoms with Gasteiger partial charge < -0.3 is 24.9 Å². The zero-order valence-corrected chi connectivity index (χ0v) is 21.0. The number of hydrogen-bond acceptors (Lipinski definition) is 6. The van der Waals surface area contributed by atoms with Crippen molar-refractivity contribution in [1.82, 2.24) is 20.1 Å². The highest BCUT2D eigenvalue weighted by Gasteiger charge is 2.25. The van der Waals surface area contributed by atoms with Crippen molar-refractivity contribution in [2.75, 3.05) is 69.2 Å². The predicted octanol–water partition coefficient (Wildman–Crippen LogP) is 3.45. The normalized spacial score (nSPS) is 17.6. The maximum Gasteiger partial charge on any atom is 0.317 e. The van der Waals surface area contributed by atoms with Crippen molar-refractivity contribution in [3.8, 4) is 6.07 Å². The lowest BCUT2D eigenvalue weighted by molar-refractivity contribution is 0.191. The van der Waals surface area contributed by atoms with Crippen LogP contribution in [0.5, 0.6) is 0 Å². The predicted molar refractivity (Wildman–Crippen MR) is 143 cm³/mol. The van der Waals surface area contributed by atoms with Gasteiger partial charge in [-0.05, 0) is 37.7 Å². The molecule has 5 rings (SSSR count). The number of amides is 2. The molecule has 8 heteroatoms. The third-order valence-electron chi connectivity index (χ3n) is 7.35. The first kappa shape index (κ1) is 23.9. The number of nitrogens with one attached hydrogen (secondary N) is 1. The Labute approximate surface area is 212 Å². The number of pyridine rings is 1. The van der Waals surface area contributed by atoms with Crippen LogP contribution in [0.25, 0.3) is 10.9 Å². The zero-order valence-electron chi connectivity index (χ0n) is 21.0. The van der Waals surface area contributed by atoms with E-state index in [0.29, 0.717) is 31.7 Å². The molecular weight excluding hydrogens is 450 g/mol. The molecule has 2 amide bonds. The van der Waals surface area contributed by atoms with Crippen LogP contribution < -0.4 is 15.1 Å². The lowest BCUT2D eigenvalue weighted by atomic mass is 10.1. The van der Waals surface area contributed by atoms with Gasteiger partial charge in [0.05, 0.1) is 22.8 Å². The van der Waals surface area contributed by atoms with Gasteiger partial charge in [-0.15, -0.1) is 0 Å². The first-order chi connectivity index (χ1) is 17.5. The van der Waals surface area contributed by atoms with Crippen LogP contribution in [0.1, 0.15) is 24.1 Å².